The van der Waals surface area contributed by atoms with Crippen LogP contribution in [-0.4, -0.2) is 9.97 Å². The molecule has 1 radical (unpaired) electrons. The molecule has 3 aromatic heterocycles. The van der Waals surface area contributed by atoms with E-state index in [-0.39, 0.29) is 53.5 Å². The Morgan fingerprint density at radius 3 is 2.00 bits per heavy atom. The van der Waals surface area contributed by atoms with Gasteiger partial charge in [0.1, 0.15) is 5.58 Å². The Labute approximate surface area is 399 Å². The van der Waals surface area contributed by atoms with Crippen LogP contribution < -0.4 is 0 Å². The van der Waals surface area contributed by atoms with Crippen LogP contribution in [0.15, 0.2) is 120 Å². The van der Waals surface area contributed by atoms with E-state index in [0.717, 1.165) is 32.8 Å². The predicted molar refractivity (Wildman–Crippen MR) is 260 cm³/mol. The van der Waals surface area contributed by atoms with Crippen LogP contribution in [0.3, 0.4) is 0 Å². The molecule has 317 valence electrons. The van der Waals surface area contributed by atoms with Crippen LogP contribution in [-0.2, 0) is 25.5 Å². The molecular formula is C58H58IrN2O-2. The van der Waals surface area contributed by atoms with E-state index in [1.807, 2.05) is 66.9 Å². The van der Waals surface area contributed by atoms with E-state index < -0.39 is 38.2 Å². The second-order valence-corrected chi connectivity index (χ2v) is 17.5. The zero-order chi connectivity index (χ0) is 53.6. The number of fused-ring (bicyclic) bond motifs is 6. The van der Waals surface area contributed by atoms with Gasteiger partial charge in [0.05, 0.1) is 5.58 Å². The summed E-state index contributed by atoms with van der Waals surface area (Å²) in [6.07, 6.45) is 3.16. The quantitative estimate of drug-likeness (QED) is 0.123. The number of hydrogen-bond acceptors (Lipinski definition) is 3. The van der Waals surface area contributed by atoms with Gasteiger partial charge in [0.15, 0.2) is 0 Å². The zero-order valence-electron chi connectivity index (χ0n) is 48.6. The number of furan rings is 1. The number of hydrogen-bond donors (Lipinski definition) is 0. The van der Waals surface area contributed by atoms with E-state index in [0.29, 0.717) is 49.7 Å². The number of pyridine rings is 2. The van der Waals surface area contributed by atoms with Crippen LogP contribution in [0.25, 0.3) is 77.1 Å². The Morgan fingerprint density at radius 1 is 0.645 bits per heavy atom. The van der Waals surface area contributed by atoms with Gasteiger partial charge in [-0.1, -0.05) is 154 Å². The molecule has 6 aromatic carbocycles. The topological polar surface area (TPSA) is 38.9 Å². The minimum atomic E-state index is -2.62. The van der Waals surface area contributed by atoms with Gasteiger partial charge in [-0.3, -0.25) is 0 Å². The second-order valence-electron chi connectivity index (χ2n) is 17.5. The molecule has 0 aliphatic carbocycles. The third-order valence-electron chi connectivity index (χ3n) is 11.4. The fraction of sp³-hybridized carbons (Fsp3) is 0.276. The molecule has 0 fully saturated rings. The number of nitrogens with zero attached hydrogens (tertiary/aromatic N) is 2. The van der Waals surface area contributed by atoms with Gasteiger partial charge in [-0.15, -0.1) is 53.1 Å². The maximum atomic E-state index is 9.22. The van der Waals surface area contributed by atoms with Crippen LogP contribution in [0.5, 0.6) is 0 Å². The van der Waals surface area contributed by atoms with Gasteiger partial charge in [0.2, 0.25) is 0 Å². The summed E-state index contributed by atoms with van der Waals surface area (Å²) in [5.41, 5.74) is 6.77. The monoisotopic (exact) mass is 1000 g/mol. The van der Waals surface area contributed by atoms with E-state index >= 15 is 0 Å². The normalized spacial score (nSPS) is 15.8. The minimum Gasteiger partial charge on any atom is -0.501 e. The number of aromatic nitrogens is 2. The Morgan fingerprint density at radius 2 is 1.37 bits per heavy atom. The van der Waals surface area contributed by atoms with Crippen molar-refractivity contribution in [3.05, 3.63) is 167 Å². The summed E-state index contributed by atoms with van der Waals surface area (Å²) in [6.45, 7) is 9.52. The molecule has 0 atom stereocenters. The first kappa shape index (κ1) is 31.4. The molecule has 9 aromatic rings. The van der Waals surface area contributed by atoms with Crippen molar-refractivity contribution in [3.8, 4) is 33.6 Å². The molecule has 3 heterocycles. The van der Waals surface area contributed by atoms with Crippen molar-refractivity contribution in [1.29, 1.82) is 0 Å². The summed E-state index contributed by atoms with van der Waals surface area (Å²) < 4.78 is 107. The Kier molecular flexibility index (Phi) is 9.00. The van der Waals surface area contributed by atoms with Gasteiger partial charge < -0.3 is 14.4 Å². The fourth-order valence-corrected chi connectivity index (χ4v) is 7.90. The molecule has 62 heavy (non-hydrogen) atoms. The molecule has 0 bridgehead atoms. The zero-order valence-corrected chi connectivity index (χ0v) is 39.0. The van der Waals surface area contributed by atoms with Gasteiger partial charge >= 0.3 is 0 Å². The van der Waals surface area contributed by atoms with Crippen LogP contribution in [0.2, 0.25) is 0 Å². The summed E-state index contributed by atoms with van der Waals surface area (Å²) in [6, 6.07) is 37.5. The standard InChI is InChI=1S/C42H40NO.C16H18N.Ir/c1-23(2)30-18-33(24(3)4)41(34(19-30)25(5)6)35-20-38(43-22-27(35)8)32-16-13-26(7)40-37-17-29-15-14-28-11-9-10-12-31(28)36(29)21-39(37)44-42(32)40;1-12-5-7-13(8-6-12)15-10-9-14(11-17-15)16(2,3)4;/h9-15,17-25H,1-8H3;5-7,9-11H,1-4H3;/q2*-1;/i7D3,8D3,23D,24D,25D;1D3;. The first-order valence-electron chi connectivity index (χ1n) is 26.6. The Hall–Kier alpha value is -5.41. The molecule has 0 N–H and O–H groups in total. The van der Waals surface area contributed by atoms with Crippen molar-refractivity contribution in [2.45, 2.75) is 106 Å². The average Bonchev–Trinajstić information content (AvgIpc) is 3.66. The van der Waals surface area contributed by atoms with Crippen molar-refractivity contribution in [2.75, 3.05) is 0 Å². The Balaban J connectivity index is 0.000000320. The predicted octanol–water partition coefficient (Wildman–Crippen LogP) is 16.6. The number of benzene rings is 6. The van der Waals surface area contributed by atoms with E-state index in [9.17, 15) is 2.74 Å². The summed E-state index contributed by atoms with van der Waals surface area (Å²) in [4.78, 5) is 9.07. The van der Waals surface area contributed by atoms with Gasteiger partial charge in [-0.2, -0.15) is 0 Å². The third kappa shape index (κ3) is 8.65. The minimum absolute atomic E-state index is 0. The molecule has 0 aliphatic rings. The van der Waals surface area contributed by atoms with Gasteiger partial charge in [0, 0.05) is 54.3 Å². The second kappa shape index (κ2) is 17.8. The van der Waals surface area contributed by atoms with Crippen molar-refractivity contribution in [2.24, 2.45) is 0 Å². The van der Waals surface area contributed by atoms with Crippen LogP contribution in [0, 0.1) is 32.7 Å². The fourth-order valence-electron chi connectivity index (χ4n) is 7.90. The molecule has 0 saturated carbocycles. The molecule has 0 amide bonds. The average molecular weight is 1000 g/mol. The van der Waals surface area contributed by atoms with Crippen molar-refractivity contribution in [3.63, 3.8) is 0 Å². The molecular weight excluding hydrogens is 933 g/mol. The summed E-state index contributed by atoms with van der Waals surface area (Å²) in [7, 11) is 0. The van der Waals surface area contributed by atoms with Crippen LogP contribution in [0.4, 0.5) is 0 Å². The first-order chi connectivity index (χ1) is 33.6. The van der Waals surface area contributed by atoms with Crippen molar-refractivity contribution >= 4 is 43.5 Å². The van der Waals surface area contributed by atoms with E-state index in [1.54, 1.807) is 71.9 Å². The van der Waals surface area contributed by atoms with E-state index in [2.05, 4.69) is 42.9 Å². The molecule has 0 spiro atoms. The molecule has 9 rings (SSSR count). The van der Waals surface area contributed by atoms with Crippen molar-refractivity contribution < 1.29 is 41.0 Å². The van der Waals surface area contributed by atoms with Crippen molar-refractivity contribution in [1.82, 2.24) is 9.97 Å². The van der Waals surface area contributed by atoms with E-state index in [1.165, 1.54) is 23.9 Å². The van der Waals surface area contributed by atoms with E-state index in [4.69, 9.17) is 18.1 Å². The Bertz CT molecular complexity index is 3460. The van der Waals surface area contributed by atoms with Gasteiger partial charge in [0.25, 0.3) is 0 Å². The molecule has 3 nitrogen and oxygen atoms in total. The molecule has 0 saturated heterocycles. The summed E-state index contributed by atoms with van der Waals surface area (Å²) >= 11 is 0. The molecule has 4 heteroatoms. The number of rotatable bonds is 6. The van der Waals surface area contributed by atoms with Gasteiger partial charge in [-0.25, -0.2) is 0 Å². The third-order valence-corrected chi connectivity index (χ3v) is 11.4. The smallest absolute Gasteiger partial charge is 0.121 e. The largest absolute Gasteiger partial charge is 0.501 e. The summed E-state index contributed by atoms with van der Waals surface area (Å²) in [5.74, 6) is -3.56. The molecule has 0 unspecified atom stereocenters. The SMILES string of the molecule is [2H]C([2H])([2H])c1c[c-]c(-c2ccc(C(C)(C)C)cn2)cc1.[2H]C([2H])([2H])c1cnc(-c2[c-]cc(C([2H])([2H])[2H])c3c2oc2cc4c(ccc5ccccc54)cc23)cc1-c1c(C([2H])(C)C)cc(C([2H])(C)C)cc1C([2H])(C)C.[Ir]. The summed E-state index contributed by atoms with van der Waals surface area (Å²) in [5, 5.41) is 4.98. The van der Waals surface area contributed by atoms with Crippen LogP contribution in [0.1, 0.15) is 135 Å². The van der Waals surface area contributed by atoms with Crippen LogP contribution >= 0.6 is 0 Å². The molecule has 0 aliphatic heterocycles. The maximum Gasteiger partial charge on any atom is 0.121 e. The van der Waals surface area contributed by atoms with Gasteiger partial charge in [-0.05, 0) is 114 Å². The maximum absolute atomic E-state index is 9.22. The number of aryl methyl sites for hydroxylation is 3. The first-order valence-corrected chi connectivity index (χ1v) is 20.6.